The zero-order valence-corrected chi connectivity index (χ0v) is 15.8. The normalized spacial score (nSPS) is 12.6. The Labute approximate surface area is 149 Å². The Bertz CT molecular complexity index is 427. The van der Waals surface area contributed by atoms with E-state index in [9.17, 15) is 19.5 Å². The Balaban J connectivity index is 4.23. The van der Waals surface area contributed by atoms with Crippen LogP contribution in [0.25, 0.3) is 0 Å². The zero-order chi connectivity index (χ0) is 18.8. The van der Waals surface area contributed by atoms with Crippen LogP contribution in [0.4, 0.5) is 0 Å². The summed E-state index contributed by atoms with van der Waals surface area (Å²) < 4.78 is 5.13. The highest BCUT2D eigenvalue weighted by molar-refractivity contribution is 7.80. The van der Waals surface area contributed by atoms with Crippen LogP contribution >= 0.6 is 12.6 Å². The van der Waals surface area contributed by atoms with E-state index in [1.54, 1.807) is 13.8 Å². The lowest BCUT2D eigenvalue weighted by Gasteiger charge is -2.29. The minimum absolute atomic E-state index is 0.0599. The number of aliphatic hydroxyl groups excluding tert-OH is 1. The molecular weight excluding hydrogens is 332 g/mol. The maximum Gasteiger partial charge on any atom is 0.306 e. The fourth-order valence-electron chi connectivity index (χ4n) is 1.77. The number of nitrogens with one attached hydrogen (secondary N) is 2. The zero-order valence-electron chi connectivity index (χ0n) is 14.9. The SMILES string of the molecule is CC(C)CC(=O)OCC(C)(C)[C@@H](O)C(=O)NCCC(=O)NCCS. The molecule has 1 atom stereocenters. The molecule has 0 unspecified atom stereocenters. The monoisotopic (exact) mass is 362 g/mol. The summed E-state index contributed by atoms with van der Waals surface area (Å²) in [4.78, 5) is 34.9. The van der Waals surface area contributed by atoms with E-state index in [4.69, 9.17) is 4.74 Å². The van der Waals surface area contributed by atoms with Gasteiger partial charge in [0.05, 0.1) is 6.61 Å². The molecule has 0 aromatic carbocycles. The van der Waals surface area contributed by atoms with Crippen LogP contribution in [-0.4, -0.2) is 54.4 Å². The van der Waals surface area contributed by atoms with Gasteiger partial charge >= 0.3 is 5.97 Å². The summed E-state index contributed by atoms with van der Waals surface area (Å²) in [6, 6.07) is 0. The first-order valence-electron chi connectivity index (χ1n) is 8.09. The van der Waals surface area contributed by atoms with Crippen LogP contribution < -0.4 is 10.6 Å². The maximum absolute atomic E-state index is 12.0. The molecule has 0 saturated heterocycles. The Hall–Kier alpha value is -1.28. The second kappa shape index (κ2) is 11.3. The maximum atomic E-state index is 12.0. The molecule has 0 radical (unpaired) electrons. The van der Waals surface area contributed by atoms with Gasteiger partial charge in [0.25, 0.3) is 0 Å². The highest BCUT2D eigenvalue weighted by Crippen LogP contribution is 2.22. The second-order valence-corrected chi connectivity index (χ2v) is 7.21. The molecule has 140 valence electrons. The molecule has 0 spiro atoms. The van der Waals surface area contributed by atoms with E-state index in [1.807, 2.05) is 13.8 Å². The highest BCUT2D eigenvalue weighted by atomic mass is 32.1. The topological polar surface area (TPSA) is 105 Å². The van der Waals surface area contributed by atoms with Gasteiger partial charge in [-0.25, -0.2) is 0 Å². The van der Waals surface area contributed by atoms with Gasteiger partial charge in [-0.1, -0.05) is 27.7 Å². The summed E-state index contributed by atoms with van der Waals surface area (Å²) >= 11 is 3.98. The van der Waals surface area contributed by atoms with Gasteiger partial charge < -0.3 is 20.5 Å². The first-order chi connectivity index (χ1) is 11.1. The van der Waals surface area contributed by atoms with Crippen LogP contribution in [-0.2, 0) is 19.1 Å². The predicted octanol–water partition coefficient (Wildman–Crippen LogP) is 0.515. The lowest BCUT2D eigenvalue weighted by molar-refractivity contribution is -0.154. The van der Waals surface area contributed by atoms with Gasteiger partial charge in [-0.05, 0) is 5.92 Å². The van der Waals surface area contributed by atoms with E-state index in [0.717, 1.165) is 0 Å². The Morgan fingerprint density at radius 2 is 1.79 bits per heavy atom. The third-order valence-electron chi connectivity index (χ3n) is 3.25. The standard InChI is InChI=1S/C16H30N2O5S/c1-11(2)9-13(20)23-10-16(3,4)14(21)15(22)18-6-5-12(19)17-7-8-24/h11,14,21,24H,5-10H2,1-4H3,(H,17,19)(H,18,22)/t14-/m0/s1. The third kappa shape index (κ3) is 9.77. The van der Waals surface area contributed by atoms with Crippen LogP contribution in [0.2, 0.25) is 0 Å². The minimum atomic E-state index is -1.34. The van der Waals surface area contributed by atoms with Crippen molar-refractivity contribution in [3.63, 3.8) is 0 Å². The summed E-state index contributed by atoms with van der Waals surface area (Å²) in [5.74, 6) is -0.419. The number of hydrogen-bond acceptors (Lipinski definition) is 6. The van der Waals surface area contributed by atoms with Crippen molar-refractivity contribution in [1.82, 2.24) is 10.6 Å². The lowest BCUT2D eigenvalue weighted by Crippen LogP contribution is -2.47. The largest absolute Gasteiger partial charge is 0.465 e. The Morgan fingerprint density at radius 1 is 1.17 bits per heavy atom. The van der Waals surface area contributed by atoms with Gasteiger partial charge in [0, 0.05) is 37.1 Å². The molecule has 0 aromatic rings. The first kappa shape index (κ1) is 22.7. The molecule has 0 bridgehead atoms. The molecule has 0 aromatic heterocycles. The number of esters is 1. The van der Waals surface area contributed by atoms with E-state index in [-0.39, 0.29) is 37.4 Å². The number of carbonyl (C=O) groups excluding carboxylic acids is 3. The van der Waals surface area contributed by atoms with Gasteiger partial charge in [-0.15, -0.1) is 0 Å². The number of carbonyl (C=O) groups is 3. The van der Waals surface area contributed by atoms with Crippen LogP contribution in [0, 0.1) is 11.3 Å². The van der Waals surface area contributed by atoms with Crippen LogP contribution in [0.15, 0.2) is 0 Å². The van der Waals surface area contributed by atoms with Crippen molar-refractivity contribution < 1.29 is 24.2 Å². The van der Waals surface area contributed by atoms with E-state index in [1.165, 1.54) is 0 Å². The number of thiol groups is 1. The molecular formula is C16H30N2O5S. The molecule has 0 aliphatic carbocycles. The van der Waals surface area contributed by atoms with Gasteiger partial charge in [0.1, 0.15) is 6.10 Å². The molecule has 0 aliphatic rings. The van der Waals surface area contributed by atoms with Crippen LogP contribution in [0.1, 0.15) is 40.5 Å². The van der Waals surface area contributed by atoms with E-state index < -0.39 is 17.4 Å². The van der Waals surface area contributed by atoms with E-state index in [0.29, 0.717) is 18.7 Å². The molecule has 0 saturated carbocycles. The third-order valence-corrected chi connectivity index (χ3v) is 3.48. The molecule has 8 heteroatoms. The molecule has 7 nitrogen and oxygen atoms in total. The van der Waals surface area contributed by atoms with Crippen molar-refractivity contribution in [1.29, 1.82) is 0 Å². The summed E-state index contributed by atoms with van der Waals surface area (Å²) in [7, 11) is 0. The van der Waals surface area contributed by atoms with Crippen LogP contribution in [0.5, 0.6) is 0 Å². The number of hydrogen-bond donors (Lipinski definition) is 4. The summed E-state index contributed by atoms with van der Waals surface area (Å²) in [6.45, 7) is 7.61. The van der Waals surface area contributed by atoms with Crippen molar-refractivity contribution in [2.24, 2.45) is 11.3 Å². The van der Waals surface area contributed by atoms with Crippen molar-refractivity contribution in [3.8, 4) is 0 Å². The number of ether oxygens (including phenoxy) is 1. The molecule has 2 amide bonds. The quantitative estimate of drug-likeness (QED) is 0.317. The second-order valence-electron chi connectivity index (χ2n) is 6.76. The van der Waals surface area contributed by atoms with Crippen molar-refractivity contribution in [2.75, 3.05) is 25.4 Å². The average Bonchev–Trinajstić information content (AvgIpc) is 2.49. The Morgan fingerprint density at radius 3 is 2.33 bits per heavy atom. The average molecular weight is 362 g/mol. The predicted molar refractivity (Wildman–Crippen MR) is 94.7 cm³/mol. The number of amides is 2. The van der Waals surface area contributed by atoms with Crippen molar-refractivity contribution >= 4 is 30.4 Å². The fourth-order valence-corrected chi connectivity index (χ4v) is 1.88. The molecule has 0 heterocycles. The number of rotatable bonds is 11. The molecule has 24 heavy (non-hydrogen) atoms. The van der Waals surface area contributed by atoms with Crippen molar-refractivity contribution in [2.45, 2.75) is 46.6 Å². The Kier molecular flexibility index (Phi) is 10.7. The summed E-state index contributed by atoms with van der Waals surface area (Å²) in [6.07, 6.45) is -0.930. The van der Waals surface area contributed by atoms with Crippen LogP contribution in [0.3, 0.4) is 0 Å². The summed E-state index contributed by atoms with van der Waals surface area (Å²) in [5.41, 5.74) is -0.926. The van der Waals surface area contributed by atoms with Gasteiger partial charge in [-0.3, -0.25) is 14.4 Å². The van der Waals surface area contributed by atoms with E-state index in [2.05, 4.69) is 23.3 Å². The van der Waals surface area contributed by atoms with Crippen molar-refractivity contribution in [3.05, 3.63) is 0 Å². The molecule has 3 N–H and O–H groups in total. The smallest absolute Gasteiger partial charge is 0.306 e. The summed E-state index contributed by atoms with van der Waals surface area (Å²) in [5, 5.41) is 15.3. The lowest BCUT2D eigenvalue weighted by atomic mass is 9.87. The molecule has 0 aliphatic heterocycles. The van der Waals surface area contributed by atoms with E-state index >= 15 is 0 Å². The van der Waals surface area contributed by atoms with Gasteiger partial charge in [0.2, 0.25) is 11.8 Å². The fraction of sp³-hybridized carbons (Fsp3) is 0.812. The molecule has 0 rings (SSSR count). The molecule has 0 fully saturated rings. The van der Waals surface area contributed by atoms with Gasteiger partial charge in [-0.2, -0.15) is 12.6 Å². The highest BCUT2D eigenvalue weighted by Gasteiger charge is 2.34. The minimum Gasteiger partial charge on any atom is -0.465 e. The number of aliphatic hydroxyl groups is 1. The first-order valence-corrected chi connectivity index (χ1v) is 8.72. The van der Waals surface area contributed by atoms with Gasteiger partial charge in [0.15, 0.2) is 0 Å².